The Balaban J connectivity index is 2.00. The summed E-state index contributed by atoms with van der Waals surface area (Å²) >= 11 is 0. The van der Waals surface area contributed by atoms with E-state index < -0.39 is 10.2 Å². The van der Waals surface area contributed by atoms with Crippen molar-refractivity contribution in [1.29, 1.82) is 0 Å². The first-order chi connectivity index (χ1) is 9.03. The Bertz CT molecular complexity index is 514. The second-order valence-corrected chi connectivity index (χ2v) is 6.36. The maximum atomic E-state index is 12.2. The van der Waals surface area contributed by atoms with E-state index in [-0.39, 0.29) is 12.6 Å². The van der Waals surface area contributed by atoms with Gasteiger partial charge in [0.05, 0.1) is 6.54 Å². The molecule has 1 aromatic rings. The molecule has 0 amide bonds. The number of nitrogens with zero attached hydrogens (tertiary/aromatic N) is 4. The number of hydrogen-bond acceptors (Lipinski definition) is 5. The van der Waals surface area contributed by atoms with E-state index in [1.165, 1.54) is 15.3 Å². The van der Waals surface area contributed by atoms with Gasteiger partial charge >= 0.3 is 0 Å². The Hall–Kier alpha value is -1.03. The minimum atomic E-state index is -3.52. The summed E-state index contributed by atoms with van der Waals surface area (Å²) in [4.78, 5) is 3.98. The predicted molar refractivity (Wildman–Crippen MR) is 70.2 cm³/mol. The summed E-state index contributed by atoms with van der Waals surface area (Å²) in [5.74, 6) is 0.451. The quantitative estimate of drug-likeness (QED) is 0.720. The molecule has 2 heterocycles. The second-order valence-electron chi connectivity index (χ2n) is 4.66. The van der Waals surface area contributed by atoms with E-state index in [1.54, 1.807) is 7.05 Å². The van der Waals surface area contributed by atoms with Crippen molar-refractivity contribution in [3.63, 3.8) is 0 Å². The average Bonchev–Trinajstić information content (AvgIpc) is 2.82. The molecule has 0 radical (unpaired) electrons. The second kappa shape index (κ2) is 5.95. The van der Waals surface area contributed by atoms with Gasteiger partial charge in [-0.15, -0.1) is 0 Å². The van der Waals surface area contributed by atoms with Crippen LogP contribution < -0.4 is 10.5 Å². The molecule has 2 rings (SSSR count). The summed E-state index contributed by atoms with van der Waals surface area (Å²) in [5, 5.41) is 4.03. The summed E-state index contributed by atoms with van der Waals surface area (Å²) in [6.45, 7) is 0.965. The number of nitrogens with two attached hydrogens (primary N) is 1. The lowest BCUT2D eigenvalue weighted by atomic mass is 10.1. The highest BCUT2D eigenvalue weighted by molar-refractivity contribution is 7.87. The standard InChI is InChI=1S/C10H20N6O2S/c1-15-8-12-10(14-15)7-13-19(17,18)16-5-3-2-4-9(16)6-11/h8-9,13H,2-7,11H2,1H3. The van der Waals surface area contributed by atoms with E-state index in [9.17, 15) is 8.42 Å². The predicted octanol–water partition coefficient (Wildman–Crippen LogP) is -1.04. The van der Waals surface area contributed by atoms with Crippen LogP contribution in [0.15, 0.2) is 6.33 Å². The monoisotopic (exact) mass is 288 g/mol. The first-order valence-corrected chi connectivity index (χ1v) is 7.78. The average molecular weight is 288 g/mol. The van der Waals surface area contributed by atoms with Gasteiger partial charge in [0.1, 0.15) is 6.33 Å². The van der Waals surface area contributed by atoms with Gasteiger partial charge < -0.3 is 5.73 Å². The topological polar surface area (TPSA) is 106 Å². The third-order valence-corrected chi connectivity index (χ3v) is 4.82. The Labute approximate surface area is 113 Å². The van der Waals surface area contributed by atoms with Crippen LogP contribution >= 0.6 is 0 Å². The van der Waals surface area contributed by atoms with Crippen LogP contribution in [0.3, 0.4) is 0 Å². The molecule has 1 aliphatic heterocycles. The van der Waals surface area contributed by atoms with Gasteiger partial charge in [-0.3, -0.25) is 4.68 Å². The maximum absolute atomic E-state index is 12.2. The summed E-state index contributed by atoms with van der Waals surface area (Å²) in [5.41, 5.74) is 5.64. The fourth-order valence-corrected chi connectivity index (χ4v) is 3.66. The maximum Gasteiger partial charge on any atom is 0.280 e. The normalized spacial score (nSPS) is 21.7. The van der Waals surface area contributed by atoms with Crippen molar-refractivity contribution in [3.05, 3.63) is 12.2 Å². The van der Waals surface area contributed by atoms with Crippen molar-refractivity contribution in [3.8, 4) is 0 Å². The highest BCUT2D eigenvalue weighted by Gasteiger charge is 2.31. The van der Waals surface area contributed by atoms with Gasteiger partial charge in [-0.25, -0.2) is 4.98 Å². The van der Waals surface area contributed by atoms with Crippen molar-refractivity contribution >= 4 is 10.2 Å². The zero-order valence-electron chi connectivity index (χ0n) is 11.0. The summed E-state index contributed by atoms with van der Waals surface area (Å²) in [7, 11) is -1.78. The molecule has 0 aromatic carbocycles. The third-order valence-electron chi connectivity index (χ3n) is 3.21. The van der Waals surface area contributed by atoms with Crippen molar-refractivity contribution in [1.82, 2.24) is 23.8 Å². The summed E-state index contributed by atoms with van der Waals surface area (Å²) in [6.07, 6.45) is 4.25. The lowest BCUT2D eigenvalue weighted by Gasteiger charge is -2.33. The van der Waals surface area contributed by atoms with E-state index in [0.717, 1.165) is 19.3 Å². The Morgan fingerprint density at radius 3 is 2.95 bits per heavy atom. The molecule has 9 heteroatoms. The van der Waals surface area contributed by atoms with E-state index >= 15 is 0 Å². The molecule has 1 aromatic heterocycles. The largest absolute Gasteiger partial charge is 0.329 e. The molecule has 0 saturated carbocycles. The number of piperidine rings is 1. The minimum Gasteiger partial charge on any atom is -0.329 e. The van der Waals surface area contributed by atoms with Gasteiger partial charge in [0, 0.05) is 26.2 Å². The Morgan fingerprint density at radius 2 is 2.32 bits per heavy atom. The van der Waals surface area contributed by atoms with Crippen molar-refractivity contribution < 1.29 is 8.42 Å². The van der Waals surface area contributed by atoms with Crippen LogP contribution in [0.5, 0.6) is 0 Å². The number of hydrogen-bond donors (Lipinski definition) is 2. The molecule has 1 unspecified atom stereocenters. The number of nitrogens with one attached hydrogen (secondary N) is 1. The number of aromatic nitrogens is 3. The van der Waals surface area contributed by atoms with Crippen LogP contribution in [-0.2, 0) is 23.8 Å². The lowest BCUT2D eigenvalue weighted by molar-refractivity contribution is 0.254. The number of rotatable bonds is 5. The molecule has 108 valence electrons. The molecule has 0 spiro atoms. The smallest absolute Gasteiger partial charge is 0.280 e. The van der Waals surface area contributed by atoms with Crippen LogP contribution in [0.1, 0.15) is 25.1 Å². The molecule has 1 fully saturated rings. The lowest BCUT2D eigenvalue weighted by Crippen LogP contribution is -2.51. The molecule has 1 aliphatic rings. The van der Waals surface area contributed by atoms with Crippen LogP contribution in [0.2, 0.25) is 0 Å². The van der Waals surface area contributed by atoms with Crippen molar-refractivity contribution in [2.24, 2.45) is 12.8 Å². The fraction of sp³-hybridized carbons (Fsp3) is 0.800. The Morgan fingerprint density at radius 1 is 1.53 bits per heavy atom. The first-order valence-electron chi connectivity index (χ1n) is 6.34. The van der Waals surface area contributed by atoms with Gasteiger partial charge in [-0.05, 0) is 12.8 Å². The SMILES string of the molecule is Cn1cnc(CNS(=O)(=O)N2CCCCC2CN)n1. The third kappa shape index (κ3) is 3.50. The zero-order chi connectivity index (χ0) is 13.9. The Kier molecular flexibility index (Phi) is 4.50. The molecule has 1 saturated heterocycles. The summed E-state index contributed by atoms with van der Waals surface area (Å²) in [6, 6.07) is -0.108. The minimum absolute atomic E-state index is 0.0942. The van der Waals surface area contributed by atoms with E-state index in [4.69, 9.17) is 5.73 Å². The van der Waals surface area contributed by atoms with Gasteiger partial charge in [0.25, 0.3) is 10.2 Å². The molecule has 0 aliphatic carbocycles. The van der Waals surface area contributed by atoms with Gasteiger partial charge in [-0.1, -0.05) is 6.42 Å². The van der Waals surface area contributed by atoms with Crippen LogP contribution in [0.4, 0.5) is 0 Å². The zero-order valence-corrected chi connectivity index (χ0v) is 11.8. The van der Waals surface area contributed by atoms with Gasteiger partial charge in [-0.2, -0.15) is 22.5 Å². The molecular weight excluding hydrogens is 268 g/mol. The van der Waals surface area contributed by atoms with E-state index in [2.05, 4.69) is 14.8 Å². The molecular formula is C10H20N6O2S. The molecule has 3 N–H and O–H groups in total. The van der Waals surface area contributed by atoms with Crippen molar-refractivity contribution in [2.45, 2.75) is 31.8 Å². The van der Waals surface area contributed by atoms with E-state index in [0.29, 0.717) is 18.9 Å². The number of aryl methyl sites for hydroxylation is 1. The highest BCUT2D eigenvalue weighted by Crippen LogP contribution is 2.18. The van der Waals surface area contributed by atoms with Gasteiger partial charge in [0.15, 0.2) is 5.82 Å². The molecule has 19 heavy (non-hydrogen) atoms. The van der Waals surface area contributed by atoms with Crippen LogP contribution in [-0.4, -0.2) is 46.6 Å². The summed E-state index contributed by atoms with van der Waals surface area (Å²) < 4.78 is 30.0. The fourth-order valence-electron chi connectivity index (χ4n) is 2.23. The van der Waals surface area contributed by atoms with Gasteiger partial charge in [0.2, 0.25) is 0 Å². The van der Waals surface area contributed by atoms with Crippen molar-refractivity contribution in [2.75, 3.05) is 13.1 Å². The molecule has 0 bridgehead atoms. The van der Waals surface area contributed by atoms with E-state index in [1.807, 2.05) is 0 Å². The first kappa shape index (κ1) is 14.4. The molecule has 8 nitrogen and oxygen atoms in total. The highest BCUT2D eigenvalue weighted by atomic mass is 32.2. The van der Waals surface area contributed by atoms with Crippen LogP contribution in [0, 0.1) is 0 Å². The molecule has 1 atom stereocenters. The van der Waals surface area contributed by atoms with Crippen LogP contribution in [0.25, 0.3) is 0 Å².